The van der Waals surface area contributed by atoms with Crippen molar-refractivity contribution in [2.24, 2.45) is 0 Å². The van der Waals surface area contributed by atoms with Crippen molar-refractivity contribution in [2.45, 2.75) is 10.1 Å². The molecule has 0 radical (unpaired) electrons. The van der Waals surface area contributed by atoms with Crippen molar-refractivity contribution in [3.05, 3.63) is 161 Å². The van der Waals surface area contributed by atoms with E-state index >= 15 is 0 Å². The Kier molecular flexibility index (Phi) is 10.5. The van der Waals surface area contributed by atoms with Crippen molar-refractivity contribution in [1.82, 2.24) is 5.32 Å². The van der Waals surface area contributed by atoms with Crippen LogP contribution in [0.4, 0.5) is 11.4 Å². The van der Waals surface area contributed by atoms with Crippen LogP contribution in [0.2, 0.25) is 0 Å². The molecule has 0 aromatic heterocycles. The standard InChI is InChI=1S/C37H29N3O6S/c41-32-20-19-28(23-30(32)37(45)46)39-36(44)33(25-13-6-2-7-14-25)47-29-18-10-17-27(22-29)38-35(43)31(21-24-11-4-1-5-12-24)40-34(42)26-15-8-3-9-16-26/h1-23,33,41H,(H,38,43)(H,39,44)(H,40,42)(H,45,46)/b31-21-. The molecule has 47 heavy (non-hydrogen) atoms. The fourth-order valence-corrected chi connectivity index (χ4v) is 5.62. The van der Waals surface area contributed by atoms with Gasteiger partial charge in [0.1, 0.15) is 22.3 Å². The van der Waals surface area contributed by atoms with Crippen molar-refractivity contribution in [1.29, 1.82) is 0 Å². The maximum Gasteiger partial charge on any atom is 0.339 e. The number of aromatic hydroxyl groups is 1. The highest BCUT2D eigenvalue weighted by Crippen LogP contribution is 2.37. The van der Waals surface area contributed by atoms with Crippen molar-refractivity contribution in [3.8, 4) is 5.75 Å². The Morgan fingerprint density at radius 1 is 0.681 bits per heavy atom. The van der Waals surface area contributed by atoms with E-state index in [9.17, 15) is 29.4 Å². The van der Waals surface area contributed by atoms with E-state index < -0.39 is 34.7 Å². The number of rotatable bonds is 11. The van der Waals surface area contributed by atoms with Gasteiger partial charge in [0, 0.05) is 21.8 Å². The zero-order valence-electron chi connectivity index (χ0n) is 24.8. The minimum Gasteiger partial charge on any atom is -0.507 e. The quantitative estimate of drug-likeness (QED) is 0.0594. The second-order valence-electron chi connectivity index (χ2n) is 10.2. The van der Waals surface area contributed by atoms with Gasteiger partial charge < -0.3 is 26.2 Å². The number of carboxylic acids is 1. The number of carbonyl (C=O) groups is 4. The number of carbonyl (C=O) groups excluding carboxylic acids is 3. The molecule has 5 aromatic rings. The number of nitrogens with one attached hydrogen (secondary N) is 3. The molecule has 0 spiro atoms. The van der Waals surface area contributed by atoms with E-state index in [-0.39, 0.29) is 16.9 Å². The van der Waals surface area contributed by atoms with E-state index in [1.165, 1.54) is 30.0 Å². The third kappa shape index (κ3) is 8.74. The minimum atomic E-state index is -1.33. The molecule has 0 aliphatic heterocycles. The summed E-state index contributed by atoms with van der Waals surface area (Å²) < 4.78 is 0. The summed E-state index contributed by atoms with van der Waals surface area (Å²) in [6.45, 7) is 0. The Morgan fingerprint density at radius 3 is 2.00 bits per heavy atom. The minimum absolute atomic E-state index is 0.0410. The average molecular weight is 644 g/mol. The lowest BCUT2D eigenvalue weighted by Gasteiger charge is -2.18. The van der Waals surface area contributed by atoms with E-state index in [0.717, 1.165) is 5.56 Å². The topological polar surface area (TPSA) is 145 Å². The van der Waals surface area contributed by atoms with Gasteiger partial charge in [-0.15, -0.1) is 11.8 Å². The summed E-state index contributed by atoms with van der Waals surface area (Å²) in [4.78, 5) is 52.2. The molecule has 0 bridgehead atoms. The van der Waals surface area contributed by atoms with Crippen molar-refractivity contribution < 1.29 is 29.4 Å². The number of aromatic carboxylic acids is 1. The van der Waals surface area contributed by atoms with Gasteiger partial charge in [-0.3, -0.25) is 14.4 Å². The van der Waals surface area contributed by atoms with Crippen molar-refractivity contribution >= 4 is 52.9 Å². The third-order valence-electron chi connectivity index (χ3n) is 6.82. The monoisotopic (exact) mass is 643 g/mol. The summed E-state index contributed by atoms with van der Waals surface area (Å²) >= 11 is 1.23. The highest BCUT2D eigenvalue weighted by atomic mass is 32.2. The number of benzene rings is 5. The zero-order chi connectivity index (χ0) is 33.2. The fourth-order valence-electron chi connectivity index (χ4n) is 4.53. The van der Waals surface area contributed by atoms with Crippen LogP contribution >= 0.6 is 11.8 Å². The highest BCUT2D eigenvalue weighted by Gasteiger charge is 2.23. The van der Waals surface area contributed by atoms with E-state index in [1.54, 1.807) is 84.9 Å². The number of amides is 3. The number of hydrogen-bond donors (Lipinski definition) is 5. The molecule has 0 saturated heterocycles. The lowest BCUT2D eigenvalue weighted by molar-refractivity contribution is -0.116. The number of phenols is 1. The van der Waals surface area contributed by atoms with E-state index in [0.29, 0.717) is 21.7 Å². The Hall–Kier alpha value is -6.13. The molecule has 0 saturated carbocycles. The maximum atomic E-state index is 13.6. The largest absolute Gasteiger partial charge is 0.507 e. The van der Waals surface area contributed by atoms with Gasteiger partial charge in [-0.25, -0.2) is 4.79 Å². The molecular weight excluding hydrogens is 614 g/mol. The van der Waals surface area contributed by atoms with Crippen LogP contribution in [0.25, 0.3) is 6.08 Å². The fraction of sp³-hybridized carbons (Fsp3) is 0.0270. The zero-order valence-corrected chi connectivity index (χ0v) is 25.6. The maximum absolute atomic E-state index is 13.6. The normalized spacial score (nSPS) is 11.6. The first kappa shape index (κ1) is 32.3. The van der Waals surface area contributed by atoms with Crippen LogP contribution in [0.1, 0.15) is 37.1 Å². The van der Waals surface area contributed by atoms with Gasteiger partial charge in [0.2, 0.25) is 5.91 Å². The van der Waals surface area contributed by atoms with Crippen LogP contribution in [0, 0.1) is 0 Å². The Bertz CT molecular complexity index is 1930. The van der Waals surface area contributed by atoms with Crippen LogP contribution in [0.5, 0.6) is 5.75 Å². The van der Waals surface area contributed by atoms with Gasteiger partial charge >= 0.3 is 5.97 Å². The molecule has 1 atom stereocenters. The van der Waals surface area contributed by atoms with Crippen LogP contribution in [-0.2, 0) is 9.59 Å². The lowest BCUT2D eigenvalue weighted by Crippen LogP contribution is -2.30. The SMILES string of the molecule is O=C(Nc1cccc(SC(C(=O)Nc2ccc(O)c(C(=O)O)c2)c2ccccc2)c1)/C(=C/c1ccccc1)NC(=O)c1ccccc1. The van der Waals surface area contributed by atoms with Gasteiger partial charge in [-0.05, 0) is 65.7 Å². The van der Waals surface area contributed by atoms with E-state index in [2.05, 4.69) is 16.0 Å². The summed E-state index contributed by atoms with van der Waals surface area (Å²) in [5.41, 5.74) is 2.16. The summed E-state index contributed by atoms with van der Waals surface area (Å²) in [5, 5.41) is 26.8. The highest BCUT2D eigenvalue weighted by molar-refractivity contribution is 8.00. The number of thioether (sulfide) groups is 1. The predicted molar refractivity (Wildman–Crippen MR) is 182 cm³/mol. The molecule has 0 aliphatic carbocycles. The number of hydrogen-bond acceptors (Lipinski definition) is 6. The van der Waals surface area contributed by atoms with Crippen LogP contribution in [0.15, 0.2) is 144 Å². The Morgan fingerprint density at radius 2 is 1.32 bits per heavy atom. The van der Waals surface area contributed by atoms with E-state index in [1.807, 2.05) is 36.4 Å². The molecule has 3 amide bonds. The number of carboxylic acid groups (broad SMARTS) is 1. The summed E-state index contributed by atoms with van der Waals surface area (Å²) in [6, 6.07) is 37.5. The first-order valence-electron chi connectivity index (χ1n) is 14.4. The molecule has 10 heteroatoms. The molecule has 9 nitrogen and oxygen atoms in total. The molecular formula is C37H29N3O6S. The third-order valence-corrected chi connectivity index (χ3v) is 8.07. The van der Waals surface area contributed by atoms with Gasteiger partial charge in [-0.2, -0.15) is 0 Å². The summed E-state index contributed by atoms with van der Waals surface area (Å²) in [6.07, 6.45) is 1.59. The van der Waals surface area contributed by atoms with Crippen LogP contribution in [0.3, 0.4) is 0 Å². The van der Waals surface area contributed by atoms with Gasteiger partial charge in [-0.1, -0.05) is 84.9 Å². The number of anilines is 2. The molecule has 5 aromatic carbocycles. The molecule has 5 N–H and O–H groups in total. The Balaban J connectivity index is 1.37. The predicted octanol–water partition coefficient (Wildman–Crippen LogP) is 6.97. The molecule has 0 heterocycles. The van der Waals surface area contributed by atoms with Crippen molar-refractivity contribution in [3.63, 3.8) is 0 Å². The first-order valence-corrected chi connectivity index (χ1v) is 15.3. The van der Waals surface area contributed by atoms with E-state index in [4.69, 9.17) is 0 Å². The lowest BCUT2D eigenvalue weighted by atomic mass is 10.1. The molecule has 234 valence electrons. The van der Waals surface area contributed by atoms with Gasteiger partial charge in [0.25, 0.3) is 11.8 Å². The van der Waals surface area contributed by atoms with Crippen molar-refractivity contribution in [2.75, 3.05) is 10.6 Å². The van der Waals surface area contributed by atoms with Gasteiger partial charge in [0.15, 0.2) is 0 Å². The van der Waals surface area contributed by atoms with Crippen LogP contribution in [-0.4, -0.2) is 33.9 Å². The average Bonchev–Trinajstić information content (AvgIpc) is 3.09. The molecule has 0 aliphatic rings. The second-order valence-corrected chi connectivity index (χ2v) is 11.4. The smallest absolute Gasteiger partial charge is 0.339 e. The summed E-state index contributed by atoms with van der Waals surface area (Å²) in [5.74, 6) is -3.14. The van der Waals surface area contributed by atoms with Gasteiger partial charge in [0.05, 0.1) is 0 Å². The summed E-state index contributed by atoms with van der Waals surface area (Å²) in [7, 11) is 0. The molecule has 1 unspecified atom stereocenters. The first-order chi connectivity index (χ1) is 22.8. The molecule has 5 rings (SSSR count). The Labute approximate surface area is 275 Å². The van der Waals surface area contributed by atoms with Crippen LogP contribution < -0.4 is 16.0 Å². The second kappa shape index (κ2) is 15.2. The molecule has 0 fully saturated rings.